The molecule has 1 N–H and O–H groups in total. The zero-order chi connectivity index (χ0) is 13.2. The Balaban J connectivity index is 1.57. The SMILES string of the molecule is Fc1ccc(OCCn2cc3c(n2)CNC3)c(Br)c1. The quantitative estimate of drug-likeness (QED) is 0.938. The fourth-order valence-electron chi connectivity index (χ4n) is 2.07. The van der Waals surface area contributed by atoms with Crippen LogP contribution in [-0.4, -0.2) is 16.4 Å². The minimum absolute atomic E-state index is 0.282. The molecule has 0 aliphatic carbocycles. The minimum Gasteiger partial charge on any atom is -0.490 e. The predicted molar refractivity (Wildman–Crippen MR) is 72.4 cm³/mol. The molecule has 1 aliphatic rings. The summed E-state index contributed by atoms with van der Waals surface area (Å²) in [6, 6.07) is 4.39. The number of ether oxygens (including phenoxy) is 1. The molecule has 0 radical (unpaired) electrons. The van der Waals surface area contributed by atoms with Gasteiger partial charge in [0.25, 0.3) is 0 Å². The number of nitrogens with zero attached hydrogens (tertiary/aromatic N) is 2. The molecule has 3 rings (SSSR count). The van der Waals surface area contributed by atoms with Crippen molar-refractivity contribution in [1.29, 1.82) is 0 Å². The summed E-state index contributed by atoms with van der Waals surface area (Å²) < 4.78 is 21.0. The molecule has 0 fully saturated rings. The van der Waals surface area contributed by atoms with Crippen LogP contribution >= 0.6 is 15.9 Å². The van der Waals surface area contributed by atoms with E-state index >= 15 is 0 Å². The molecular formula is C13H13BrFN3O. The van der Waals surface area contributed by atoms with Crippen LogP contribution in [0.25, 0.3) is 0 Å². The summed E-state index contributed by atoms with van der Waals surface area (Å²) in [4.78, 5) is 0. The molecule has 2 aromatic rings. The predicted octanol–water partition coefficient (Wildman–Crippen LogP) is 2.47. The molecule has 0 unspecified atom stereocenters. The van der Waals surface area contributed by atoms with Crippen LogP contribution in [0.5, 0.6) is 5.75 Å². The summed E-state index contributed by atoms with van der Waals surface area (Å²) in [6.07, 6.45) is 2.04. The monoisotopic (exact) mass is 325 g/mol. The zero-order valence-corrected chi connectivity index (χ0v) is 11.8. The van der Waals surface area contributed by atoms with Crippen molar-refractivity contribution in [2.75, 3.05) is 6.61 Å². The van der Waals surface area contributed by atoms with Crippen molar-refractivity contribution in [2.24, 2.45) is 0 Å². The largest absolute Gasteiger partial charge is 0.490 e. The van der Waals surface area contributed by atoms with Gasteiger partial charge in [-0.05, 0) is 34.1 Å². The summed E-state index contributed by atoms with van der Waals surface area (Å²) in [5, 5.41) is 7.70. The van der Waals surface area contributed by atoms with E-state index in [2.05, 4.69) is 26.3 Å². The van der Waals surface area contributed by atoms with E-state index in [4.69, 9.17) is 4.74 Å². The van der Waals surface area contributed by atoms with Crippen LogP contribution in [-0.2, 0) is 19.6 Å². The second-order valence-corrected chi connectivity index (χ2v) is 5.25. The molecule has 1 aliphatic heterocycles. The Hall–Kier alpha value is -1.40. The van der Waals surface area contributed by atoms with E-state index in [1.165, 1.54) is 17.7 Å². The third-order valence-electron chi connectivity index (χ3n) is 3.00. The Kier molecular flexibility index (Phi) is 3.52. The molecule has 1 aromatic heterocycles. The first kappa shape index (κ1) is 12.6. The smallest absolute Gasteiger partial charge is 0.133 e. The second-order valence-electron chi connectivity index (χ2n) is 4.39. The van der Waals surface area contributed by atoms with E-state index in [-0.39, 0.29) is 5.82 Å². The highest BCUT2D eigenvalue weighted by Gasteiger charge is 2.14. The van der Waals surface area contributed by atoms with Gasteiger partial charge < -0.3 is 10.1 Å². The molecule has 2 heterocycles. The van der Waals surface area contributed by atoms with Crippen LogP contribution in [0.2, 0.25) is 0 Å². The van der Waals surface area contributed by atoms with Gasteiger partial charge in [-0.15, -0.1) is 0 Å². The van der Waals surface area contributed by atoms with Crippen LogP contribution in [0.3, 0.4) is 0 Å². The molecule has 1 aromatic carbocycles. The molecule has 100 valence electrons. The van der Waals surface area contributed by atoms with Crippen molar-refractivity contribution in [3.05, 3.63) is 45.9 Å². The molecule has 0 saturated carbocycles. The van der Waals surface area contributed by atoms with Gasteiger partial charge in [0.2, 0.25) is 0 Å². The Morgan fingerprint density at radius 1 is 1.42 bits per heavy atom. The normalized spacial score (nSPS) is 13.6. The van der Waals surface area contributed by atoms with E-state index in [0.29, 0.717) is 23.4 Å². The molecule has 0 spiro atoms. The lowest BCUT2D eigenvalue weighted by Crippen LogP contribution is -2.11. The Morgan fingerprint density at radius 3 is 3.11 bits per heavy atom. The summed E-state index contributed by atoms with van der Waals surface area (Å²) in [5.41, 5.74) is 2.37. The highest BCUT2D eigenvalue weighted by molar-refractivity contribution is 9.10. The number of rotatable bonds is 4. The molecule has 19 heavy (non-hydrogen) atoms. The lowest BCUT2D eigenvalue weighted by molar-refractivity contribution is 0.288. The van der Waals surface area contributed by atoms with Gasteiger partial charge in [0.15, 0.2) is 0 Å². The number of hydrogen-bond donors (Lipinski definition) is 1. The zero-order valence-electron chi connectivity index (χ0n) is 10.2. The molecule has 0 amide bonds. The van der Waals surface area contributed by atoms with Gasteiger partial charge in [-0.3, -0.25) is 4.68 Å². The summed E-state index contributed by atoms with van der Waals surface area (Å²) in [5.74, 6) is 0.359. The highest BCUT2D eigenvalue weighted by atomic mass is 79.9. The van der Waals surface area contributed by atoms with Crippen molar-refractivity contribution in [2.45, 2.75) is 19.6 Å². The number of hydrogen-bond acceptors (Lipinski definition) is 3. The molecule has 6 heteroatoms. The fourth-order valence-corrected chi connectivity index (χ4v) is 2.54. The van der Waals surface area contributed by atoms with Crippen molar-refractivity contribution in [3.8, 4) is 5.75 Å². The van der Waals surface area contributed by atoms with Gasteiger partial charge >= 0.3 is 0 Å². The Morgan fingerprint density at radius 2 is 2.32 bits per heavy atom. The van der Waals surface area contributed by atoms with E-state index in [9.17, 15) is 4.39 Å². The fraction of sp³-hybridized carbons (Fsp3) is 0.308. The number of fused-ring (bicyclic) bond motifs is 1. The number of halogens is 2. The summed E-state index contributed by atoms with van der Waals surface area (Å²) in [6.45, 7) is 2.90. The van der Waals surface area contributed by atoms with Crippen LogP contribution in [0.15, 0.2) is 28.9 Å². The van der Waals surface area contributed by atoms with E-state index in [1.807, 2.05) is 10.9 Å². The topological polar surface area (TPSA) is 39.1 Å². The van der Waals surface area contributed by atoms with Gasteiger partial charge in [-0.2, -0.15) is 5.10 Å². The second kappa shape index (κ2) is 5.30. The van der Waals surface area contributed by atoms with Gasteiger partial charge in [0, 0.05) is 24.8 Å². The Bertz CT molecular complexity index is 578. The number of benzene rings is 1. The average Bonchev–Trinajstić information content (AvgIpc) is 2.92. The first-order chi connectivity index (χ1) is 9.22. The lowest BCUT2D eigenvalue weighted by atomic mass is 10.3. The maximum Gasteiger partial charge on any atom is 0.133 e. The number of aromatic nitrogens is 2. The summed E-state index contributed by atoms with van der Waals surface area (Å²) in [7, 11) is 0. The number of nitrogens with one attached hydrogen (secondary N) is 1. The van der Waals surface area contributed by atoms with Gasteiger partial charge in [0.1, 0.15) is 18.2 Å². The first-order valence-electron chi connectivity index (χ1n) is 6.06. The van der Waals surface area contributed by atoms with Crippen molar-refractivity contribution >= 4 is 15.9 Å². The summed E-state index contributed by atoms with van der Waals surface area (Å²) >= 11 is 3.27. The van der Waals surface area contributed by atoms with Crippen molar-refractivity contribution in [3.63, 3.8) is 0 Å². The van der Waals surface area contributed by atoms with Gasteiger partial charge in [-0.1, -0.05) is 0 Å². The highest BCUT2D eigenvalue weighted by Crippen LogP contribution is 2.25. The van der Waals surface area contributed by atoms with Crippen LogP contribution in [0.4, 0.5) is 4.39 Å². The van der Waals surface area contributed by atoms with E-state index in [0.717, 1.165) is 18.8 Å². The average molecular weight is 326 g/mol. The van der Waals surface area contributed by atoms with Crippen molar-refractivity contribution in [1.82, 2.24) is 15.1 Å². The lowest BCUT2D eigenvalue weighted by Gasteiger charge is -2.08. The maximum absolute atomic E-state index is 12.9. The maximum atomic E-state index is 12.9. The van der Waals surface area contributed by atoms with Crippen molar-refractivity contribution < 1.29 is 9.13 Å². The van der Waals surface area contributed by atoms with E-state index < -0.39 is 0 Å². The molecule has 4 nitrogen and oxygen atoms in total. The molecule has 0 bridgehead atoms. The van der Waals surface area contributed by atoms with Crippen LogP contribution in [0.1, 0.15) is 11.3 Å². The molecular weight excluding hydrogens is 313 g/mol. The standard InChI is InChI=1S/C13H13BrFN3O/c14-11-5-10(15)1-2-13(11)19-4-3-18-8-9-6-16-7-12(9)17-18/h1-2,5,8,16H,3-4,6-7H2. The third kappa shape index (κ3) is 2.79. The van der Waals surface area contributed by atoms with Gasteiger partial charge in [-0.25, -0.2) is 4.39 Å². The minimum atomic E-state index is -0.282. The first-order valence-corrected chi connectivity index (χ1v) is 6.85. The molecule has 0 atom stereocenters. The Labute approximate surface area is 118 Å². The van der Waals surface area contributed by atoms with Crippen LogP contribution in [0, 0.1) is 5.82 Å². The third-order valence-corrected chi connectivity index (χ3v) is 3.62. The molecule has 0 saturated heterocycles. The van der Waals surface area contributed by atoms with Gasteiger partial charge in [0.05, 0.1) is 16.7 Å². The van der Waals surface area contributed by atoms with E-state index in [1.54, 1.807) is 6.07 Å². The van der Waals surface area contributed by atoms with Crippen LogP contribution < -0.4 is 10.1 Å².